The van der Waals surface area contributed by atoms with Crippen LogP contribution in [-0.4, -0.2) is 47.1 Å². The fraction of sp³-hybridized carbons (Fsp3) is 0.769. The molecule has 1 rings (SSSR count). The molecule has 1 aliphatic heterocycles. The van der Waals surface area contributed by atoms with E-state index in [1.807, 2.05) is 0 Å². The molecule has 0 spiro atoms. The van der Waals surface area contributed by atoms with E-state index in [0.29, 0.717) is 0 Å². The number of ether oxygens (including phenoxy) is 1. The van der Waals surface area contributed by atoms with E-state index >= 15 is 0 Å². The third-order valence-electron chi connectivity index (χ3n) is 2.81. The molecule has 1 saturated heterocycles. The fourth-order valence-corrected chi connectivity index (χ4v) is 1.96. The van der Waals surface area contributed by atoms with Crippen molar-refractivity contribution in [1.29, 1.82) is 5.26 Å². The molecule has 2 amide bonds. The number of carbonyl (C=O) groups is 2. The summed E-state index contributed by atoms with van der Waals surface area (Å²) in [4.78, 5) is 24.4. The van der Waals surface area contributed by atoms with Crippen LogP contribution in [0.1, 0.15) is 34.1 Å². The van der Waals surface area contributed by atoms with E-state index in [4.69, 9.17) is 10.00 Å². The number of alkyl halides is 2. The van der Waals surface area contributed by atoms with Crippen molar-refractivity contribution in [1.82, 2.24) is 10.2 Å². The maximum Gasteiger partial charge on any atom is 0.408 e. The van der Waals surface area contributed by atoms with E-state index in [2.05, 4.69) is 5.32 Å². The van der Waals surface area contributed by atoms with E-state index in [1.165, 1.54) is 6.92 Å². The molecule has 0 radical (unpaired) electrons. The van der Waals surface area contributed by atoms with Gasteiger partial charge in [-0.2, -0.15) is 5.26 Å². The lowest BCUT2D eigenvalue weighted by molar-refractivity contribution is -0.134. The Balaban J connectivity index is 2.67. The summed E-state index contributed by atoms with van der Waals surface area (Å²) in [5, 5.41) is 11.1. The molecule has 0 saturated carbocycles. The summed E-state index contributed by atoms with van der Waals surface area (Å²) in [7, 11) is 0. The minimum absolute atomic E-state index is 0.686. The fourth-order valence-electron chi connectivity index (χ4n) is 1.96. The molecule has 118 valence electrons. The zero-order chi connectivity index (χ0) is 16.4. The van der Waals surface area contributed by atoms with Crippen LogP contribution in [0.25, 0.3) is 0 Å². The van der Waals surface area contributed by atoms with Crippen molar-refractivity contribution >= 4 is 12.0 Å². The van der Waals surface area contributed by atoms with Crippen LogP contribution in [0.15, 0.2) is 0 Å². The van der Waals surface area contributed by atoms with Gasteiger partial charge in [-0.05, 0) is 27.7 Å². The maximum atomic E-state index is 13.3. The second kappa shape index (κ2) is 5.84. The highest BCUT2D eigenvalue weighted by molar-refractivity contribution is 5.86. The zero-order valence-electron chi connectivity index (χ0n) is 12.4. The van der Waals surface area contributed by atoms with Crippen LogP contribution in [0.4, 0.5) is 13.6 Å². The third kappa shape index (κ3) is 4.85. The van der Waals surface area contributed by atoms with E-state index in [0.717, 1.165) is 4.90 Å². The Kier molecular flexibility index (Phi) is 4.76. The highest BCUT2D eigenvalue weighted by atomic mass is 19.3. The van der Waals surface area contributed by atoms with E-state index in [9.17, 15) is 18.4 Å². The lowest BCUT2D eigenvalue weighted by atomic mass is 10.2. The Morgan fingerprint density at radius 2 is 2.05 bits per heavy atom. The van der Waals surface area contributed by atoms with Crippen LogP contribution in [0.2, 0.25) is 0 Å². The van der Waals surface area contributed by atoms with Gasteiger partial charge < -0.3 is 15.0 Å². The smallest absolute Gasteiger partial charge is 0.408 e. The average molecular weight is 303 g/mol. The number of nitriles is 1. The predicted octanol–water partition coefficient (Wildman–Crippen LogP) is 1.66. The molecule has 0 aromatic carbocycles. The molecule has 1 unspecified atom stereocenters. The number of hydrogen-bond acceptors (Lipinski definition) is 4. The number of amides is 2. The zero-order valence-corrected chi connectivity index (χ0v) is 12.4. The van der Waals surface area contributed by atoms with Crippen molar-refractivity contribution in [2.75, 3.05) is 6.54 Å². The number of nitrogens with one attached hydrogen (secondary N) is 1. The number of halogens is 2. The van der Waals surface area contributed by atoms with Crippen LogP contribution in [0, 0.1) is 11.3 Å². The third-order valence-corrected chi connectivity index (χ3v) is 2.81. The van der Waals surface area contributed by atoms with Crippen LogP contribution >= 0.6 is 0 Å². The monoisotopic (exact) mass is 303 g/mol. The molecular formula is C13H19F2N3O3. The second-order valence-electron chi connectivity index (χ2n) is 6.04. The van der Waals surface area contributed by atoms with E-state index < -0.39 is 48.6 Å². The molecule has 0 bridgehead atoms. The van der Waals surface area contributed by atoms with Gasteiger partial charge in [0.1, 0.15) is 17.7 Å². The standard InChI is InChI=1S/C13H19F2N3O3/c1-8(17-11(20)21-12(2,3)4)10(19)18-7-13(14,15)5-9(18)6-16/h8-9H,5,7H2,1-4H3,(H,17,20)/t8?,9-/m0/s1. The van der Waals surface area contributed by atoms with Gasteiger partial charge in [0.15, 0.2) is 0 Å². The Bertz CT molecular complexity index is 468. The van der Waals surface area contributed by atoms with Gasteiger partial charge >= 0.3 is 6.09 Å². The van der Waals surface area contributed by atoms with Crippen LogP contribution in [0.5, 0.6) is 0 Å². The number of likely N-dealkylation sites (tertiary alicyclic amines) is 1. The highest BCUT2D eigenvalue weighted by Crippen LogP contribution is 2.32. The van der Waals surface area contributed by atoms with Gasteiger partial charge in [0.05, 0.1) is 12.6 Å². The van der Waals surface area contributed by atoms with Crippen LogP contribution < -0.4 is 5.32 Å². The van der Waals surface area contributed by atoms with Crippen LogP contribution in [-0.2, 0) is 9.53 Å². The molecule has 1 heterocycles. The highest BCUT2D eigenvalue weighted by Gasteiger charge is 2.48. The number of nitrogens with zero attached hydrogens (tertiary/aromatic N) is 2. The molecule has 0 aromatic heterocycles. The first-order chi connectivity index (χ1) is 9.45. The number of rotatable bonds is 2. The molecule has 1 fully saturated rings. The Morgan fingerprint density at radius 1 is 1.48 bits per heavy atom. The summed E-state index contributed by atoms with van der Waals surface area (Å²) < 4.78 is 31.5. The molecule has 1 N–H and O–H groups in total. The Labute approximate surface area is 122 Å². The number of alkyl carbamates (subject to hydrolysis) is 1. The van der Waals surface area contributed by atoms with Gasteiger partial charge in [-0.25, -0.2) is 13.6 Å². The van der Waals surface area contributed by atoms with Crippen molar-refractivity contribution in [3.8, 4) is 6.07 Å². The van der Waals surface area contributed by atoms with Crippen molar-refractivity contribution in [2.24, 2.45) is 0 Å². The predicted molar refractivity (Wildman–Crippen MR) is 69.5 cm³/mol. The number of carbonyl (C=O) groups excluding carboxylic acids is 2. The van der Waals surface area contributed by atoms with E-state index in [-0.39, 0.29) is 0 Å². The second-order valence-corrected chi connectivity index (χ2v) is 6.04. The summed E-state index contributed by atoms with van der Waals surface area (Å²) in [5.74, 6) is -3.81. The van der Waals surface area contributed by atoms with Gasteiger partial charge in [0.2, 0.25) is 5.91 Å². The summed E-state index contributed by atoms with van der Waals surface area (Å²) in [6.45, 7) is 5.52. The lowest BCUT2D eigenvalue weighted by Gasteiger charge is -2.25. The molecule has 8 heteroatoms. The average Bonchev–Trinajstić information content (AvgIpc) is 2.60. The molecule has 6 nitrogen and oxygen atoms in total. The molecule has 2 atom stereocenters. The minimum Gasteiger partial charge on any atom is -0.444 e. The Hall–Kier alpha value is -1.91. The van der Waals surface area contributed by atoms with Crippen molar-refractivity contribution in [2.45, 2.75) is 57.7 Å². The quantitative estimate of drug-likeness (QED) is 0.841. The normalized spacial score (nSPS) is 22.3. The largest absolute Gasteiger partial charge is 0.444 e. The molecule has 21 heavy (non-hydrogen) atoms. The SMILES string of the molecule is CC(NC(=O)OC(C)(C)C)C(=O)N1CC(F)(F)C[C@H]1C#N. The van der Waals surface area contributed by atoms with Crippen molar-refractivity contribution < 1.29 is 23.1 Å². The van der Waals surface area contributed by atoms with Gasteiger partial charge in [-0.3, -0.25) is 4.79 Å². The maximum absolute atomic E-state index is 13.3. The first-order valence-corrected chi connectivity index (χ1v) is 6.52. The van der Waals surface area contributed by atoms with Gasteiger partial charge in [0.25, 0.3) is 5.92 Å². The lowest BCUT2D eigenvalue weighted by Crippen LogP contribution is -2.49. The molecule has 1 aliphatic rings. The molecular weight excluding hydrogens is 284 g/mol. The molecule has 0 aliphatic carbocycles. The van der Waals surface area contributed by atoms with Crippen molar-refractivity contribution in [3.05, 3.63) is 0 Å². The van der Waals surface area contributed by atoms with Gasteiger partial charge in [-0.1, -0.05) is 0 Å². The first kappa shape index (κ1) is 17.1. The molecule has 0 aromatic rings. The topological polar surface area (TPSA) is 82.4 Å². The van der Waals surface area contributed by atoms with E-state index in [1.54, 1.807) is 26.8 Å². The van der Waals surface area contributed by atoms with Crippen LogP contribution in [0.3, 0.4) is 0 Å². The van der Waals surface area contributed by atoms with Crippen molar-refractivity contribution in [3.63, 3.8) is 0 Å². The summed E-state index contributed by atoms with van der Waals surface area (Å²) >= 11 is 0. The Morgan fingerprint density at radius 3 is 2.52 bits per heavy atom. The minimum atomic E-state index is -3.08. The first-order valence-electron chi connectivity index (χ1n) is 6.52. The summed E-state index contributed by atoms with van der Waals surface area (Å²) in [6.07, 6.45) is -1.50. The summed E-state index contributed by atoms with van der Waals surface area (Å²) in [5.41, 5.74) is -0.733. The van der Waals surface area contributed by atoms with Gasteiger partial charge in [-0.15, -0.1) is 0 Å². The number of hydrogen-bond donors (Lipinski definition) is 1. The van der Waals surface area contributed by atoms with Gasteiger partial charge in [0, 0.05) is 6.42 Å². The summed E-state index contributed by atoms with van der Waals surface area (Å²) in [6, 6.07) is -0.558.